The summed E-state index contributed by atoms with van der Waals surface area (Å²) in [5, 5.41) is 4.09. The molecule has 0 saturated heterocycles. The fraction of sp³-hybridized carbons (Fsp3) is 0.600. The molecular weight excluding hydrogens is 306 g/mol. The Labute approximate surface area is 133 Å². The van der Waals surface area contributed by atoms with Crippen molar-refractivity contribution in [2.45, 2.75) is 44.8 Å². The second-order valence-corrected chi connectivity index (χ2v) is 7.76. The van der Waals surface area contributed by atoms with Crippen LogP contribution in [0.15, 0.2) is 0 Å². The lowest BCUT2D eigenvalue weighted by Crippen LogP contribution is -2.17. The highest BCUT2D eigenvalue weighted by atomic mass is 32.2. The summed E-state index contributed by atoms with van der Waals surface area (Å²) >= 11 is 3.15. The normalized spacial score (nSPS) is 15.2. The van der Waals surface area contributed by atoms with E-state index in [1.165, 1.54) is 44.1 Å². The van der Waals surface area contributed by atoms with Crippen LogP contribution in [0.4, 0.5) is 5.00 Å². The van der Waals surface area contributed by atoms with E-state index in [1.54, 1.807) is 11.8 Å². The van der Waals surface area contributed by atoms with Gasteiger partial charge in [0, 0.05) is 10.1 Å². The number of rotatable bonds is 5. The van der Waals surface area contributed by atoms with Crippen molar-refractivity contribution in [2.75, 3.05) is 18.2 Å². The van der Waals surface area contributed by atoms with E-state index in [2.05, 4.69) is 5.32 Å². The predicted octanol–water partition coefficient (Wildman–Crippen LogP) is 3.77. The van der Waals surface area contributed by atoms with E-state index in [0.717, 1.165) is 10.4 Å². The smallest absolute Gasteiger partial charge is 0.341 e. The van der Waals surface area contributed by atoms with Crippen LogP contribution in [0.25, 0.3) is 0 Å². The van der Waals surface area contributed by atoms with E-state index >= 15 is 0 Å². The van der Waals surface area contributed by atoms with Crippen molar-refractivity contribution >= 4 is 40.0 Å². The molecule has 0 aromatic carbocycles. The Balaban J connectivity index is 1.99. The zero-order valence-corrected chi connectivity index (χ0v) is 14.3. The second kappa shape index (κ2) is 7.31. The number of anilines is 1. The maximum absolute atomic E-state index is 12.1. The SMILES string of the molecule is COC(=O)c1c(NC(=O)CSC2CCCC2)sc(C)c1C. The number of amides is 1. The molecule has 1 saturated carbocycles. The molecule has 21 heavy (non-hydrogen) atoms. The number of hydrogen-bond donors (Lipinski definition) is 1. The van der Waals surface area contributed by atoms with Crippen LogP contribution in [-0.4, -0.2) is 30.0 Å². The molecule has 0 radical (unpaired) electrons. The lowest BCUT2D eigenvalue weighted by Gasteiger charge is -2.09. The minimum absolute atomic E-state index is 0.0432. The number of aryl methyl sites for hydroxylation is 1. The molecule has 116 valence electrons. The number of hydrogen-bond acceptors (Lipinski definition) is 5. The zero-order valence-electron chi connectivity index (χ0n) is 12.7. The quantitative estimate of drug-likeness (QED) is 0.837. The Morgan fingerprint density at radius 2 is 2.00 bits per heavy atom. The third kappa shape index (κ3) is 4.01. The van der Waals surface area contributed by atoms with Crippen LogP contribution < -0.4 is 5.32 Å². The molecular formula is C15H21NO3S2. The summed E-state index contributed by atoms with van der Waals surface area (Å²) in [6, 6.07) is 0. The van der Waals surface area contributed by atoms with Crippen molar-refractivity contribution < 1.29 is 14.3 Å². The average Bonchev–Trinajstić information content (AvgIpc) is 3.06. The van der Waals surface area contributed by atoms with Crippen LogP contribution in [0.2, 0.25) is 0 Å². The first-order valence-electron chi connectivity index (χ1n) is 7.12. The number of methoxy groups -OCH3 is 1. The summed E-state index contributed by atoms with van der Waals surface area (Å²) in [4.78, 5) is 24.9. The van der Waals surface area contributed by atoms with Gasteiger partial charge in [-0.1, -0.05) is 12.8 Å². The maximum Gasteiger partial charge on any atom is 0.341 e. The molecule has 1 aliphatic rings. The van der Waals surface area contributed by atoms with Crippen LogP contribution in [0.1, 0.15) is 46.5 Å². The fourth-order valence-corrected chi connectivity index (χ4v) is 4.66. The number of carbonyl (C=O) groups excluding carboxylic acids is 2. The van der Waals surface area contributed by atoms with E-state index in [9.17, 15) is 9.59 Å². The highest BCUT2D eigenvalue weighted by Crippen LogP contribution is 2.33. The van der Waals surface area contributed by atoms with Gasteiger partial charge in [0.15, 0.2) is 0 Å². The summed E-state index contributed by atoms with van der Waals surface area (Å²) in [5.74, 6) is 0.00950. The van der Waals surface area contributed by atoms with Crippen LogP contribution in [0, 0.1) is 13.8 Å². The van der Waals surface area contributed by atoms with Gasteiger partial charge in [0.2, 0.25) is 5.91 Å². The van der Waals surface area contributed by atoms with Crippen LogP contribution in [-0.2, 0) is 9.53 Å². The highest BCUT2D eigenvalue weighted by molar-refractivity contribution is 8.00. The summed E-state index contributed by atoms with van der Waals surface area (Å²) < 4.78 is 4.81. The van der Waals surface area contributed by atoms with Crippen LogP contribution >= 0.6 is 23.1 Å². The van der Waals surface area contributed by atoms with Gasteiger partial charge < -0.3 is 10.1 Å². The van der Waals surface area contributed by atoms with Gasteiger partial charge in [-0.2, -0.15) is 0 Å². The second-order valence-electron chi connectivity index (χ2n) is 5.24. The topological polar surface area (TPSA) is 55.4 Å². The van der Waals surface area contributed by atoms with Gasteiger partial charge in [-0.05, 0) is 32.3 Å². The van der Waals surface area contributed by atoms with Crippen molar-refractivity contribution in [1.29, 1.82) is 0 Å². The molecule has 0 spiro atoms. The highest BCUT2D eigenvalue weighted by Gasteiger charge is 2.22. The molecule has 6 heteroatoms. The van der Waals surface area contributed by atoms with Crippen LogP contribution in [0.5, 0.6) is 0 Å². The third-order valence-corrected chi connectivity index (χ3v) is 6.27. The van der Waals surface area contributed by atoms with Gasteiger partial charge in [-0.25, -0.2) is 4.79 Å². The summed E-state index contributed by atoms with van der Waals surface area (Å²) in [5.41, 5.74) is 1.37. The number of ether oxygens (including phenoxy) is 1. The molecule has 2 rings (SSSR count). The molecule has 0 unspecified atom stereocenters. The number of thioether (sulfide) groups is 1. The Morgan fingerprint density at radius 1 is 1.33 bits per heavy atom. The molecule has 1 aromatic heterocycles. The number of esters is 1. The summed E-state index contributed by atoms with van der Waals surface area (Å²) in [7, 11) is 1.36. The van der Waals surface area contributed by atoms with Crippen molar-refractivity contribution in [3.8, 4) is 0 Å². The third-order valence-electron chi connectivity index (χ3n) is 3.78. The number of thiophene rings is 1. The Hall–Kier alpha value is -1.01. The van der Waals surface area contributed by atoms with Gasteiger partial charge in [0.25, 0.3) is 0 Å². The van der Waals surface area contributed by atoms with E-state index in [4.69, 9.17) is 4.74 Å². The minimum atomic E-state index is -0.393. The lowest BCUT2D eigenvalue weighted by molar-refractivity contribution is -0.113. The first-order valence-corrected chi connectivity index (χ1v) is 8.99. The first kappa shape index (κ1) is 16.4. The Kier molecular flexibility index (Phi) is 5.70. The van der Waals surface area contributed by atoms with Crippen molar-refractivity contribution in [2.24, 2.45) is 0 Å². The molecule has 0 bridgehead atoms. The average molecular weight is 327 g/mol. The molecule has 1 heterocycles. The van der Waals surface area contributed by atoms with Crippen LogP contribution in [0.3, 0.4) is 0 Å². The molecule has 0 atom stereocenters. The van der Waals surface area contributed by atoms with E-state index < -0.39 is 5.97 Å². The van der Waals surface area contributed by atoms with Gasteiger partial charge >= 0.3 is 5.97 Å². The van der Waals surface area contributed by atoms with Gasteiger partial charge in [0.05, 0.1) is 18.4 Å². The Morgan fingerprint density at radius 3 is 2.62 bits per heavy atom. The van der Waals surface area contributed by atoms with E-state index in [-0.39, 0.29) is 5.91 Å². The lowest BCUT2D eigenvalue weighted by atomic mass is 10.1. The molecule has 4 nitrogen and oxygen atoms in total. The monoisotopic (exact) mass is 327 g/mol. The Bertz CT molecular complexity index is 533. The van der Waals surface area contributed by atoms with E-state index in [0.29, 0.717) is 21.6 Å². The van der Waals surface area contributed by atoms with Gasteiger partial charge in [-0.3, -0.25) is 4.79 Å². The van der Waals surface area contributed by atoms with Gasteiger partial charge in [-0.15, -0.1) is 23.1 Å². The molecule has 1 N–H and O–H groups in total. The molecule has 1 amide bonds. The van der Waals surface area contributed by atoms with Crippen molar-refractivity contribution in [3.05, 3.63) is 16.0 Å². The van der Waals surface area contributed by atoms with E-state index in [1.807, 2.05) is 13.8 Å². The zero-order chi connectivity index (χ0) is 15.4. The molecule has 1 aliphatic carbocycles. The summed E-state index contributed by atoms with van der Waals surface area (Å²) in [6.07, 6.45) is 4.97. The number of carbonyl (C=O) groups is 2. The van der Waals surface area contributed by atoms with Crippen molar-refractivity contribution in [1.82, 2.24) is 0 Å². The van der Waals surface area contributed by atoms with Crippen molar-refractivity contribution in [3.63, 3.8) is 0 Å². The predicted molar refractivity (Wildman–Crippen MR) is 88.5 cm³/mol. The minimum Gasteiger partial charge on any atom is -0.465 e. The number of nitrogens with one attached hydrogen (secondary N) is 1. The van der Waals surface area contributed by atoms with Gasteiger partial charge in [0.1, 0.15) is 5.00 Å². The molecule has 1 fully saturated rings. The summed E-state index contributed by atoms with van der Waals surface area (Å²) in [6.45, 7) is 3.82. The largest absolute Gasteiger partial charge is 0.465 e. The standard InChI is InChI=1S/C15H21NO3S2/c1-9-10(2)21-14(13(9)15(18)19-3)16-12(17)8-20-11-6-4-5-7-11/h11H,4-8H2,1-3H3,(H,16,17). The first-order chi connectivity index (χ1) is 10.0. The molecule has 1 aromatic rings. The fourth-order valence-electron chi connectivity index (χ4n) is 2.47. The molecule has 0 aliphatic heterocycles. The maximum atomic E-state index is 12.1.